The van der Waals surface area contributed by atoms with E-state index < -0.39 is 6.04 Å². The summed E-state index contributed by atoms with van der Waals surface area (Å²) in [6, 6.07) is 11.9. The van der Waals surface area contributed by atoms with Gasteiger partial charge in [0, 0.05) is 0 Å². The van der Waals surface area contributed by atoms with Crippen molar-refractivity contribution in [2.45, 2.75) is 24.6 Å². The maximum absolute atomic E-state index is 13.5. The smallest absolute Gasteiger partial charge is 0.233 e. The first kappa shape index (κ1) is 17.5. The van der Waals surface area contributed by atoms with E-state index in [1.54, 1.807) is 24.3 Å². The zero-order valence-electron chi connectivity index (χ0n) is 13.1. The van der Waals surface area contributed by atoms with Crippen LogP contribution in [0.15, 0.2) is 48.5 Å². The van der Waals surface area contributed by atoms with Crippen LogP contribution in [0.5, 0.6) is 0 Å². The highest BCUT2D eigenvalue weighted by molar-refractivity contribution is 7.99. The number of carbonyl (C=O) groups is 1. The van der Waals surface area contributed by atoms with Crippen LogP contribution in [-0.4, -0.2) is 17.4 Å². The zero-order valence-corrected chi connectivity index (χ0v) is 13.9. The standard InChI is InChI=1S/C18H19F2NOS/c1-12(23-2)18(22)21-17(14-6-4-8-16(20)11-14)10-13-5-3-7-15(19)9-13/h3-9,11-12,17H,10H2,1-2H3,(H,21,22)/t12-,17-/m1/s1. The number of hydrogen-bond donors (Lipinski definition) is 1. The van der Waals surface area contributed by atoms with Crippen LogP contribution >= 0.6 is 11.8 Å². The largest absolute Gasteiger partial charge is 0.348 e. The van der Waals surface area contributed by atoms with Crippen LogP contribution in [0.3, 0.4) is 0 Å². The van der Waals surface area contributed by atoms with Gasteiger partial charge in [-0.25, -0.2) is 8.78 Å². The number of carbonyl (C=O) groups excluding carboxylic acids is 1. The lowest BCUT2D eigenvalue weighted by atomic mass is 9.98. The van der Waals surface area contributed by atoms with E-state index in [0.29, 0.717) is 12.0 Å². The zero-order chi connectivity index (χ0) is 16.8. The number of hydrogen-bond acceptors (Lipinski definition) is 2. The Bertz CT molecular complexity index is 678. The molecule has 0 unspecified atom stereocenters. The third-order valence-corrected chi connectivity index (χ3v) is 4.54. The molecule has 2 nitrogen and oxygen atoms in total. The molecule has 0 saturated heterocycles. The minimum absolute atomic E-state index is 0.122. The third-order valence-electron chi connectivity index (χ3n) is 3.62. The van der Waals surface area contributed by atoms with Crippen molar-refractivity contribution in [2.24, 2.45) is 0 Å². The molecule has 0 heterocycles. The van der Waals surface area contributed by atoms with Crippen LogP contribution in [0, 0.1) is 11.6 Å². The lowest BCUT2D eigenvalue weighted by Gasteiger charge is -2.21. The molecule has 5 heteroatoms. The Balaban J connectivity index is 2.25. The van der Waals surface area contributed by atoms with Crippen molar-refractivity contribution < 1.29 is 13.6 Å². The second kappa shape index (κ2) is 8.11. The lowest BCUT2D eigenvalue weighted by Crippen LogP contribution is -2.35. The molecule has 0 saturated carbocycles. The van der Waals surface area contributed by atoms with Crippen molar-refractivity contribution in [1.82, 2.24) is 5.32 Å². The van der Waals surface area contributed by atoms with E-state index in [0.717, 1.165) is 5.56 Å². The van der Waals surface area contributed by atoms with Crippen molar-refractivity contribution in [2.75, 3.05) is 6.26 Å². The fraction of sp³-hybridized carbons (Fsp3) is 0.278. The molecule has 0 aliphatic rings. The normalized spacial score (nSPS) is 13.4. The van der Waals surface area contributed by atoms with Crippen LogP contribution in [0.2, 0.25) is 0 Å². The Hall–Kier alpha value is -1.88. The molecule has 2 rings (SSSR count). The van der Waals surface area contributed by atoms with E-state index in [1.165, 1.54) is 36.0 Å². The van der Waals surface area contributed by atoms with Gasteiger partial charge in [-0.2, -0.15) is 11.8 Å². The van der Waals surface area contributed by atoms with E-state index >= 15 is 0 Å². The molecule has 2 aromatic carbocycles. The van der Waals surface area contributed by atoms with Crippen LogP contribution in [0.1, 0.15) is 24.1 Å². The van der Waals surface area contributed by atoms with Gasteiger partial charge < -0.3 is 5.32 Å². The summed E-state index contributed by atoms with van der Waals surface area (Å²) < 4.78 is 26.9. The van der Waals surface area contributed by atoms with Crippen molar-refractivity contribution in [3.8, 4) is 0 Å². The fourth-order valence-corrected chi connectivity index (χ4v) is 2.55. The van der Waals surface area contributed by atoms with Crippen molar-refractivity contribution in [3.63, 3.8) is 0 Å². The highest BCUT2D eigenvalue weighted by Crippen LogP contribution is 2.21. The van der Waals surface area contributed by atoms with Gasteiger partial charge in [0.15, 0.2) is 0 Å². The van der Waals surface area contributed by atoms with E-state index in [1.807, 2.05) is 13.2 Å². The molecule has 0 spiro atoms. The van der Waals surface area contributed by atoms with Gasteiger partial charge in [-0.15, -0.1) is 0 Å². The summed E-state index contributed by atoms with van der Waals surface area (Å²) in [6.07, 6.45) is 2.25. The van der Waals surface area contributed by atoms with E-state index in [9.17, 15) is 13.6 Å². The molecule has 23 heavy (non-hydrogen) atoms. The summed E-state index contributed by atoms with van der Waals surface area (Å²) >= 11 is 1.44. The first-order chi connectivity index (χ1) is 11.0. The maximum Gasteiger partial charge on any atom is 0.233 e. The maximum atomic E-state index is 13.5. The fourth-order valence-electron chi connectivity index (χ4n) is 2.27. The van der Waals surface area contributed by atoms with E-state index in [2.05, 4.69) is 5.32 Å². The quantitative estimate of drug-likeness (QED) is 0.860. The first-order valence-electron chi connectivity index (χ1n) is 7.32. The average molecular weight is 335 g/mol. The van der Waals surface area contributed by atoms with Crippen molar-refractivity contribution >= 4 is 17.7 Å². The van der Waals surface area contributed by atoms with Crippen LogP contribution in [-0.2, 0) is 11.2 Å². The molecule has 2 aromatic rings. The Morgan fingerprint density at radius 1 is 1.13 bits per heavy atom. The minimum atomic E-state index is -0.408. The second-order valence-electron chi connectivity index (χ2n) is 5.33. The third kappa shape index (κ3) is 5.06. The molecular weight excluding hydrogens is 316 g/mol. The molecule has 0 bridgehead atoms. The van der Waals surface area contributed by atoms with Gasteiger partial charge in [-0.3, -0.25) is 4.79 Å². The van der Waals surface area contributed by atoms with Crippen molar-refractivity contribution in [1.29, 1.82) is 0 Å². The Kier molecular flexibility index (Phi) is 6.16. The number of amides is 1. The van der Waals surface area contributed by atoms with E-state index in [4.69, 9.17) is 0 Å². The summed E-state index contributed by atoms with van der Waals surface area (Å²) in [7, 11) is 0. The highest BCUT2D eigenvalue weighted by Gasteiger charge is 2.19. The van der Waals surface area contributed by atoms with Gasteiger partial charge >= 0.3 is 0 Å². The molecule has 0 radical (unpaired) electrons. The minimum Gasteiger partial charge on any atom is -0.348 e. The van der Waals surface area contributed by atoms with E-state index in [-0.39, 0.29) is 22.8 Å². The predicted molar refractivity (Wildman–Crippen MR) is 90.4 cm³/mol. The monoisotopic (exact) mass is 335 g/mol. The molecule has 0 aliphatic carbocycles. The van der Waals surface area contributed by atoms with Gasteiger partial charge in [0.1, 0.15) is 11.6 Å². The molecule has 0 aliphatic heterocycles. The SMILES string of the molecule is CS[C@H](C)C(=O)N[C@H](Cc1cccc(F)c1)c1cccc(F)c1. The highest BCUT2D eigenvalue weighted by atomic mass is 32.2. The summed E-state index contributed by atoms with van der Waals surface area (Å²) in [4.78, 5) is 12.2. The molecule has 2 atom stereocenters. The van der Waals surface area contributed by atoms with Crippen molar-refractivity contribution in [3.05, 3.63) is 71.3 Å². The summed E-state index contributed by atoms with van der Waals surface area (Å²) in [5.74, 6) is -0.814. The van der Waals surface area contributed by atoms with Gasteiger partial charge in [0.2, 0.25) is 5.91 Å². The number of nitrogens with one attached hydrogen (secondary N) is 1. The molecule has 1 N–H and O–H groups in total. The average Bonchev–Trinajstić information content (AvgIpc) is 2.53. The Morgan fingerprint density at radius 2 is 1.78 bits per heavy atom. The van der Waals surface area contributed by atoms with Crippen LogP contribution in [0.4, 0.5) is 8.78 Å². The van der Waals surface area contributed by atoms with Gasteiger partial charge in [0.05, 0.1) is 11.3 Å². The number of benzene rings is 2. The van der Waals surface area contributed by atoms with Gasteiger partial charge in [-0.05, 0) is 55.0 Å². The summed E-state index contributed by atoms with van der Waals surface area (Å²) in [5.41, 5.74) is 1.41. The predicted octanol–water partition coefficient (Wildman–Crippen LogP) is 4.12. The molecule has 1 amide bonds. The number of halogens is 2. The number of rotatable bonds is 6. The van der Waals surface area contributed by atoms with Gasteiger partial charge in [0.25, 0.3) is 0 Å². The van der Waals surface area contributed by atoms with Crippen LogP contribution < -0.4 is 5.32 Å². The molecule has 122 valence electrons. The van der Waals surface area contributed by atoms with Crippen LogP contribution in [0.25, 0.3) is 0 Å². The molecule has 0 aromatic heterocycles. The molecular formula is C18H19F2NOS. The summed E-state index contributed by atoms with van der Waals surface area (Å²) in [6.45, 7) is 1.81. The Labute approximate surface area is 139 Å². The number of thioether (sulfide) groups is 1. The summed E-state index contributed by atoms with van der Waals surface area (Å²) in [5, 5.41) is 2.72. The lowest BCUT2D eigenvalue weighted by molar-refractivity contribution is -0.121. The molecule has 0 fully saturated rings. The first-order valence-corrected chi connectivity index (χ1v) is 8.61. The second-order valence-corrected chi connectivity index (χ2v) is 6.51. The van der Waals surface area contributed by atoms with Gasteiger partial charge in [-0.1, -0.05) is 24.3 Å². The Morgan fingerprint density at radius 3 is 2.39 bits per heavy atom. The topological polar surface area (TPSA) is 29.1 Å².